The van der Waals surface area contributed by atoms with E-state index in [1.54, 1.807) is 30.5 Å². The molecule has 0 atom stereocenters. The van der Waals surface area contributed by atoms with Crippen molar-refractivity contribution in [1.29, 1.82) is 0 Å². The van der Waals surface area contributed by atoms with Crippen molar-refractivity contribution in [3.05, 3.63) is 71.7 Å². The standard InChI is InChI=1S/C25H28FN2O5P/c1-3-25(2)16-31-34(30,32-17-25)15-18-4-11-22(12-5-18)28-23(29)13-8-20-14-27-33-24(20)19-6-9-21(26)10-7-19/h4-7,9-12,14,30H,3,8,13,15-17H2,1-2H3/p+1. The van der Waals surface area contributed by atoms with E-state index >= 15 is 0 Å². The quantitative estimate of drug-likeness (QED) is 0.392. The van der Waals surface area contributed by atoms with Crippen LogP contribution in [0.4, 0.5) is 10.1 Å². The number of anilines is 1. The van der Waals surface area contributed by atoms with E-state index in [9.17, 15) is 14.1 Å². The Balaban J connectivity index is 1.29. The maximum absolute atomic E-state index is 13.2. The van der Waals surface area contributed by atoms with Crippen LogP contribution >= 0.6 is 7.94 Å². The van der Waals surface area contributed by atoms with E-state index < -0.39 is 7.94 Å². The normalized spacial score (nSPS) is 22.5. The molecule has 1 aliphatic heterocycles. The highest BCUT2D eigenvalue weighted by Crippen LogP contribution is 2.63. The van der Waals surface area contributed by atoms with E-state index in [2.05, 4.69) is 24.3 Å². The second kappa shape index (κ2) is 10.3. The molecule has 0 aliphatic carbocycles. The number of carbonyl (C=O) groups is 1. The van der Waals surface area contributed by atoms with Crippen molar-refractivity contribution in [3.63, 3.8) is 0 Å². The number of rotatable bonds is 8. The summed E-state index contributed by atoms with van der Waals surface area (Å²) >= 11 is 0. The van der Waals surface area contributed by atoms with Gasteiger partial charge in [-0.25, -0.2) is 4.39 Å². The first kappa shape index (κ1) is 24.5. The van der Waals surface area contributed by atoms with Gasteiger partial charge in [-0.2, -0.15) is 13.9 Å². The first-order chi connectivity index (χ1) is 16.3. The number of amides is 1. The molecule has 180 valence electrons. The average Bonchev–Trinajstić information content (AvgIpc) is 3.30. The van der Waals surface area contributed by atoms with Crippen LogP contribution in [-0.4, -0.2) is 29.2 Å². The van der Waals surface area contributed by atoms with Gasteiger partial charge in [-0.1, -0.05) is 31.1 Å². The summed E-state index contributed by atoms with van der Waals surface area (Å²) in [6.45, 7) is 5.13. The first-order valence-corrected chi connectivity index (χ1v) is 13.0. The highest BCUT2D eigenvalue weighted by Gasteiger charge is 2.49. The Labute approximate surface area is 198 Å². The highest BCUT2D eigenvalue weighted by molar-refractivity contribution is 7.59. The van der Waals surface area contributed by atoms with Gasteiger partial charge >= 0.3 is 7.94 Å². The molecule has 4 rings (SSSR count). The Morgan fingerprint density at radius 3 is 2.47 bits per heavy atom. The maximum Gasteiger partial charge on any atom is 0.413 e. The lowest BCUT2D eigenvalue weighted by atomic mass is 9.90. The van der Waals surface area contributed by atoms with Crippen LogP contribution in [0.15, 0.2) is 59.3 Å². The van der Waals surface area contributed by atoms with Gasteiger partial charge in [0, 0.05) is 28.7 Å². The Hall–Kier alpha value is -2.64. The summed E-state index contributed by atoms with van der Waals surface area (Å²) in [5, 5.41) is 6.69. The summed E-state index contributed by atoms with van der Waals surface area (Å²) in [7, 11) is -2.92. The zero-order valence-electron chi connectivity index (χ0n) is 19.3. The predicted molar refractivity (Wildman–Crippen MR) is 128 cm³/mol. The Morgan fingerprint density at radius 2 is 1.82 bits per heavy atom. The van der Waals surface area contributed by atoms with Crippen LogP contribution in [0.3, 0.4) is 0 Å². The Kier molecular flexibility index (Phi) is 7.43. The summed E-state index contributed by atoms with van der Waals surface area (Å²) in [5.41, 5.74) is 2.96. The van der Waals surface area contributed by atoms with Crippen molar-refractivity contribution in [3.8, 4) is 11.3 Å². The predicted octanol–water partition coefficient (Wildman–Crippen LogP) is 5.77. The molecule has 2 N–H and O–H groups in total. The molecule has 9 heteroatoms. The van der Waals surface area contributed by atoms with Crippen molar-refractivity contribution in [2.24, 2.45) is 5.41 Å². The molecule has 1 saturated heterocycles. The molecule has 2 heterocycles. The third-order valence-corrected chi connectivity index (χ3v) is 7.90. The van der Waals surface area contributed by atoms with Crippen LogP contribution in [0, 0.1) is 11.2 Å². The molecule has 0 saturated carbocycles. The smallest absolute Gasteiger partial charge is 0.356 e. The van der Waals surface area contributed by atoms with Gasteiger partial charge < -0.3 is 9.84 Å². The molecule has 1 aliphatic rings. The van der Waals surface area contributed by atoms with Crippen LogP contribution < -0.4 is 5.32 Å². The lowest BCUT2D eigenvalue weighted by molar-refractivity contribution is -0.116. The first-order valence-electron chi connectivity index (χ1n) is 11.3. The monoisotopic (exact) mass is 487 g/mol. The van der Waals surface area contributed by atoms with Gasteiger partial charge in [0.1, 0.15) is 19.0 Å². The zero-order valence-corrected chi connectivity index (χ0v) is 20.2. The highest BCUT2D eigenvalue weighted by atomic mass is 31.2. The summed E-state index contributed by atoms with van der Waals surface area (Å²) in [6, 6.07) is 13.2. The number of aromatic nitrogens is 1. The van der Waals surface area contributed by atoms with Crippen molar-refractivity contribution >= 4 is 19.5 Å². The van der Waals surface area contributed by atoms with Gasteiger partial charge in [0.15, 0.2) is 11.9 Å². The number of aryl methyl sites for hydroxylation is 1. The van der Waals surface area contributed by atoms with E-state index in [1.807, 2.05) is 12.1 Å². The van der Waals surface area contributed by atoms with Crippen LogP contribution in [0.2, 0.25) is 0 Å². The number of nitrogens with zero attached hydrogens (tertiary/aromatic N) is 1. The van der Waals surface area contributed by atoms with E-state index in [-0.39, 0.29) is 23.6 Å². The fourth-order valence-electron chi connectivity index (χ4n) is 3.56. The molecule has 1 fully saturated rings. The van der Waals surface area contributed by atoms with Gasteiger partial charge in [0.05, 0.1) is 6.20 Å². The van der Waals surface area contributed by atoms with E-state index in [0.29, 0.717) is 42.8 Å². The van der Waals surface area contributed by atoms with E-state index in [0.717, 1.165) is 17.5 Å². The Morgan fingerprint density at radius 1 is 1.15 bits per heavy atom. The lowest BCUT2D eigenvalue weighted by Crippen LogP contribution is -2.33. The second-order valence-corrected chi connectivity index (χ2v) is 11.0. The molecule has 0 spiro atoms. The third kappa shape index (κ3) is 6.07. The van der Waals surface area contributed by atoms with Crippen molar-refractivity contribution in [1.82, 2.24) is 5.16 Å². The number of benzene rings is 2. The summed E-state index contributed by atoms with van der Waals surface area (Å²) in [6.07, 6.45) is 3.48. The topological polar surface area (TPSA) is 93.8 Å². The molecule has 3 aromatic rings. The number of halogens is 1. The largest absolute Gasteiger partial charge is 0.413 e. The number of hydrogen-bond acceptors (Lipinski definition) is 6. The average molecular weight is 487 g/mol. The number of carbonyl (C=O) groups excluding carboxylic acids is 1. The minimum absolute atomic E-state index is 0.0628. The molecule has 0 bridgehead atoms. The van der Waals surface area contributed by atoms with Gasteiger partial charge in [-0.05, 0) is 54.8 Å². The van der Waals surface area contributed by atoms with Crippen molar-refractivity contribution in [2.45, 2.75) is 39.3 Å². The minimum atomic E-state index is -2.92. The molecule has 0 unspecified atom stereocenters. The molecular formula is C25H29FN2O5P+. The SMILES string of the molecule is CCC1(C)CO[P+](O)(Cc2ccc(NC(=O)CCc3cnoc3-c3ccc(F)cc3)cc2)OC1. The fourth-order valence-corrected chi connectivity index (χ4v) is 5.52. The van der Waals surface area contributed by atoms with Gasteiger partial charge in [-0.15, -0.1) is 0 Å². The molecular weight excluding hydrogens is 458 g/mol. The molecule has 1 aromatic heterocycles. The van der Waals surface area contributed by atoms with Gasteiger partial charge in [-0.3, -0.25) is 4.79 Å². The van der Waals surface area contributed by atoms with Crippen LogP contribution in [0.25, 0.3) is 11.3 Å². The van der Waals surface area contributed by atoms with Crippen molar-refractivity contribution < 1.29 is 27.6 Å². The van der Waals surface area contributed by atoms with Crippen molar-refractivity contribution in [2.75, 3.05) is 18.5 Å². The van der Waals surface area contributed by atoms with Gasteiger partial charge in [0.2, 0.25) is 5.91 Å². The van der Waals surface area contributed by atoms with Gasteiger partial charge in [0.25, 0.3) is 0 Å². The zero-order chi connectivity index (χ0) is 24.2. The summed E-state index contributed by atoms with van der Waals surface area (Å²) < 4.78 is 29.9. The molecule has 2 aromatic carbocycles. The molecule has 1 amide bonds. The second-order valence-electron chi connectivity index (χ2n) is 8.94. The maximum atomic E-state index is 13.2. The number of nitrogens with one attached hydrogen (secondary N) is 1. The molecule has 7 nitrogen and oxygen atoms in total. The van der Waals surface area contributed by atoms with E-state index in [4.69, 9.17) is 13.6 Å². The van der Waals surface area contributed by atoms with E-state index in [1.165, 1.54) is 12.1 Å². The van der Waals surface area contributed by atoms with Crippen LogP contribution in [-0.2, 0) is 26.4 Å². The third-order valence-electron chi connectivity index (χ3n) is 6.08. The lowest BCUT2D eigenvalue weighted by Gasteiger charge is -2.33. The fraction of sp³-hybridized carbons (Fsp3) is 0.360. The van der Waals surface area contributed by atoms with Crippen LogP contribution in [0.1, 0.15) is 37.8 Å². The minimum Gasteiger partial charge on any atom is -0.356 e. The Bertz CT molecular complexity index is 1110. The summed E-state index contributed by atoms with van der Waals surface area (Å²) in [4.78, 5) is 23.2. The summed E-state index contributed by atoms with van der Waals surface area (Å²) in [5.74, 6) is 0.0530. The molecule has 34 heavy (non-hydrogen) atoms. The number of hydrogen-bond donors (Lipinski definition) is 2. The van der Waals surface area contributed by atoms with Crippen LogP contribution in [0.5, 0.6) is 0 Å². The molecule has 0 radical (unpaired) electrons.